The van der Waals surface area contributed by atoms with Crippen molar-refractivity contribution in [2.75, 3.05) is 40.4 Å². The summed E-state index contributed by atoms with van der Waals surface area (Å²) in [6.07, 6.45) is 1.59. The molecule has 10 heteroatoms. The van der Waals surface area contributed by atoms with E-state index >= 15 is 0 Å². The number of methoxy groups -OCH3 is 2. The molecule has 194 valence electrons. The molecule has 10 nitrogen and oxygen atoms in total. The number of piperazine rings is 1. The van der Waals surface area contributed by atoms with Crippen LogP contribution in [-0.2, 0) is 6.54 Å². The number of fused-ring (bicyclic) bond motifs is 1. The molecule has 1 aliphatic rings. The lowest BCUT2D eigenvalue weighted by Crippen LogP contribution is -2.51. The fourth-order valence-corrected chi connectivity index (χ4v) is 4.53. The second-order valence-corrected chi connectivity index (χ2v) is 8.83. The highest BCUT2D eigenvalue weighted by Gasteiger charge is 2.29. The molecule has 4 aromatic rings. The maximum atomic E-state index is 13.5. The van der Waals surface area contributed by atoms with Crippen LogP contribution < -0.4 is 15.0 Å². The SMILES string of the molecule is COc1ccc(Cn2c(=O)c(C(=O)N3CCN(C(=O)c4ccccc4OC)CC3)nc3cccnc32)cc1. The van der Waals surface area contributed by atoms with Gasteiger partial charge in [-0.1, -0.05) is 24.3 Å². The number of hydrogen-bond acceptors (Lipinski definition) is 7. The standard InChI is InChI=1S/C28H27N5O5/c1-37-20-11-9-19(10-12-20)18-33-25-22(7-5-13-29-25)30-24(28(33)36)27(35)32-16-14-31(15-17-32)26(34)21-6-3-4-8-23(21)38-2/h3-13H,14-18H2,1-2H3. The van der Waals surface area contributed by atoms with Gasteiger partial charge in [0, 0.05) is 32.4 Å². The number of carbonyl (C=O) groups excluding carboxylic acids is 2. The summed E-state index contributed by atoms with van der Waals surface area (Å²) in [6, 6.07) is 17.8. The number of hydrogen-bond donors (Lipinski definition) is 0. The average molecular weight is 514 g/mol. The van der Waals surface area contributed by atoms with Crippen molar-refractivity contribution < 1.29 is 19.1 Å². The van der Waals surface area contributed by atoms with Gasteiger partial charge in [0.25, 0.3) is 17.4 Å². The van der Waals surface area contributed by atoms with Crippen LogP contribution in [0.4, 0.5) is 0 Å². The third-order valence-electron chi connectivity index (χ3n) is 6.60. The molecule has 0 saturated carbocycles. The molecular weight excluding hydrogens is 486 g/mol. The van der Waals surface area contributed by atoms with Gasteiger partial charge in [-0.2, -0.15) is 0 Å². The van der Waals surface area contributed by atoms with E-state index in [-0.39, 0.29) is 31.2 Å². The van der Waals surface area contributed by atoms with E-state index in [4.69, 9.17) is 9.47 Å². The van der Waals surface area contributed by atoms with E-state index in [1.807, 2.05) is 24.3 Å². The van der Waals surface area contributed by atoms with E-state index in [1.54, 1.807) is 59.5 Å². The molecule has 2 aromatic carbocycles. The van der Waals surface area contributed by atoms with Gasteiger partial charge in [-0.25, -0.2) is 9.97 Å². The maximum absolute atomic E-state index is 13.5. The second-order valence-electron chi connectivity index (χ2n) is 8.83. The van der Waals surface area contributed by atoms with Gasteiger partial charge in [0.05, 0.1) is 26.3 Å². The summed E-state index contributed by atoms with van der Waals surface area (Å²) >= 11 is 0. The van der Waals surface area contributed by atoms with Crippen LogP contribution in [0.15, 0.2) is 71.7 Å². The van der Waals surface area contributed by atoms with E-state index in [0.29, 0.717) is 41.3 Å². The largest absolute Gasteiger partial charge is 0.497 e. The highest BCUT2D eigenvalue weighted by Crippen LogP contribution is 2.21. The van der Waals surface area contributed by atoms with Crippen molar-refractivity contribution in [1.29, 1.82) is 0 Å². The number of nitrogens with zero attached hydrogens (tertiary/aromatic N) is 5. The number of benzene rings is 2. The lowest BCUT2D eigenvalue weighted by atomic mass is 10.1. The van der Waals surface area contributed by atoms with Gasteiger partial charge in [-0.05, 0) is 42.0 Å². The van der Waals surface area contributed by atoms with Gasteiger partial charge in [0.1, 0.15) is 17.0 Å². The van der Waals surface area contributed by atoms with E-state index in [2.05, 4.69) is 9.97 Å². The summed E-state index contributed by atoms with van der Waals surface area (Å²) in [5, 5.41) is 0. The first-order chi connectivity index (χ1) is 18.5. The smallest absolute Gasteiger partial charge is 0.284 e. The van der Waals surface area contributed by atoms with Gasteiger partial charge in [0.2, 0.25) is 0 Å². The Morgan fingerprint density at radius 1 is 0.842 bits per heavy atom. The van der Waals surface area contributed by atoms with Crippen LogP contribution in [0.25, 0.3) is 11.2 Å². The molecule has 2 aromatic heterocycles. The lowest BCUT2D eigenvalue weighted by Gasteiger charge is -2.34. The van der Waals surface area contributed by atoms with E-state index in [0.717, 1.165) is 5.56 Å². The number of rotatable bonds is 6. The van der Waals surface area contributed by atoms with Gasteiger partial charge >= 0.3 is 0 Å². The van der Waals surface area contributed by atoms with E-state index in [1.165, 1.54) is 11.7 Å². The zero-order valence-electron chi connectivity index (χ0n) is 21.2. The quantitative estimate of drug-likeness (QED) is 0.390. The molecule has 1 saturated heterocycles. The Hall–Kier alpha value is -4.73. The van der Waals surface area contributed by atoms with Crippen molar-refractivity contribution in [2.45, 2.75) is 6.54 Å². The van der Waals surface area contributed by atoms with Crippen LogP contribution in [0, 0.1) is 0 Å². The van der Waals surface area contributed by atoms with E-state index in [9.17, 15) is 14.4 Å². The molecule has 2 amide bonds. The number of para-hydroxylation sites is 1. The fourth-order valence-electron chi connectivity index (χ4n) is 4.53. The number of pyridine rings is 1. The molecule has 0 unspecified atom stereocenters. The minimum absolute atomic E-state index is 0.161. The number of aromatic nitrogens is 3. The summed E-state index contributed by atoms with van der Waals surface area (Å²) in [7, 11) is 3.11. The number of carbonyl (C=O) groups is 2. The molecular formula is C28H27N5O5. The van der Waals surface area contributed by atoms with Crippen molar-refractivity contribution in [1.82, 2.24) is 24.3 Å². The Kier molecular flexibility index (Phi) is 7.03. The number of amides is 2. The van der Waals surface area contributed by atoms with Crippen LogP contribution in [-0.4, -0.2) is 76.5 Å². The minimum Gasteiger partial charge on any atom is -0.497 e. The van der Waals surface area contributed by atoms with Gasteiger partial charge in [-0.3, -0.25) is 19.0 Å². The molecule has 0 bridgehead atoms. The summed E-state index contributed by atoms with van der Waals surface area (Å²) in [5.41, 5.74) is 1.51. The predicted molar refractivity (Wildman–Crippen MR) is 141 cm³/mol. The zero-order valence-corrected chi connectivity index (χ0v) is 21.2. The van der Waals surface area contributed by atoms with Crippen LogP contribution >= 0.6 is 0 Å². The first-order valence-electron chi connectivity index (χ1n) is 12.2. The summed E-state index contributed by atoms with van der Waals surface area (Å²) in [5.74, 6) is 0.584. The molecule has 0 atom stereocenters. The Morgan fingerprint density at radius 2 is 1.53 bits per heavy atom. The highest BCUT2D eigenvalue weighted by molar-refractivity contribution is 5.97. The third kappa shape index (κ3) is 4.80. The first kappa shape index (κ1) is 24.9. The summed E-state index contributed by atoms with van der Waals surface area (Å²) in [4.78, 5) is 52.1. The molecule has 1 aliphatic heterocycles. The normalized spacial score (nSPS) is 13.4. The maximum Gasteiger partial charge on any atom is 0.284 e. The Balaban J connectivity index is 1.38. The number of ether oxygens (including phenoxy) is 2. The Bertz CT molecular complexity index is 1540. The average Bonchev–Trinajstić information content (AvgIpc) is 2.98. The molecule has 1 fully saturated rings. The molecule has 38 heavy (non-hydrogen) atoms. The molecule has 0 aliphatic carbocycles. The van der Waals surface area contributed by atoms with Crippen molar-refractivity contribution in [3.05, 3.63) is 94.0 Å². The molecule has 0 radical (unpaired) electrons. The van der Waals surface area contributed by atoms with Crippen LogP contribution in [0.1, 0.15) is 26.4 Å². The van der Waals surface area contributed by atoms with Crippen LogP contribution in [0.2, 0.25) is 0 Å². The molecule has 0 spiro atoms. The molecule has 5 rings (SSSR count). The van der Waals surface area contributed by atoms with Gasteiger partial charge in [-0.15, -0.1) is 0 Å². The Labute approximate surface area is 219 Å². The third-order valence-corrected chi connectivity index (χ3v) is 6.60. The van der Waals surface area contributed by atoms with E-state index < -0.39 is 11.5 Å². The van der Waals surface area contributed by atoms with Gasteiger partial charge in [0.15, 0.2) is 11.3 Å². The van der Waals surface area contributed by atoms with Crippen molar-refractivity contribution >= 4 is 23.0 Å². The monoisotopic (exact) mass is 513 g/mol. The van der Waals surface area contributed by atoms with Crippen molar-refractivity contribution in [3.63, 3.8) is 0 Å². The highest BCUT2D eigenvalue weighted by atomic mass is 16.5. The minimum atomic E-state index is -0.510. The lowest BCUT2D eigenvalue weighted by molar-refractivity contribution is 0.0529. The molecule has 0 N–H and O–H groups in total. The van der Waals surface area contributed by atoms with Crippen molar-refractivity contribution in [3.8, 4) is 11.5 Å². The Morgan fingerprint density at radius 3 is 2.21 bits per heavy atom. The summed E-state index contributed by atoms with van der Waals surface area (Å²) < 4.78 is 12.0. The fraction of sp³-hybridized carbons (Fsp3) is 0.250. The predicted octanol–water partition coefficient (Wildman–Crippen LogP) is 2.46. The second kappa shape index (κ2) is 10.7. The van der Waals surface area contributed by atoms with Gasteiger partial charge < -0.3 is 19.3 Å². The molecule has 3 heterocycles. The van der Waals surface area contributed by atoms with Crippen LogP contribution in [0.5, 0.6) is 11.5 Å². The van der Waals surface area contributed by atoms with Crippen molar-refractivity contribution in [2.24, 2.45) is 0 Å². The van der Waals surface area contributed by atoms with Crippen LogP contribution in [0.3, 0.4) is 0 Å². The first-order valence-corrected chi connectivity index (χ1v) is 12.2. The topological polar surface area (TPSA) is 107 Å². The summed E-state index contributed by atoms with van der Waals surface area (Å²) in [6.45, 7) is 1.45. The zero-order chi connectivity index (χ0) is 26.6.